The van der Waals surface area contributed by atoms with Gasteiger partial charge < -0.3 is 14.2 Å². The first-order valence-corrected chi connectivity index (χ1v) is 8.51. The maximum absolute atomic E-state index is 12.6. The Kier molecular flexibility index (Phi) is 4.52. The standard InChI is InChI=1S/C15H14N5O4S/c1-23-13-7-6-12(9-14(13)24-2)25(21,22)18-11-5-3-4-10(8-11)15-16-19-20-17-15/h3-9H,1-2H3,(H,16,17,19,20)/q-1. The van der Waals surface area contributed by atoms with Crippen molar-refractivity contribution in [2.75, 3.05) is 14.2 Å². The molecule has 0 aliphatic rings. The van der Waals surface area contributed by atoms with Crippen LogP contribution in [0.4, 0.5) is 5.69 Å². The van der Waals surface area contributed by atoms with Crippen LogP contribution in [0.5, 0.6) is 11.5 Å². The van der Waals surface area contributed by atoms with Gasteiger partial charge in [-0.3, -0.25) is 0 Å². The Morgan fingerprint density at radius 2 is 1.84 bits per heavy atom. The van der Waals surface area contributed by atoms with E-state index in [2.05, 4.69) is 25.3 Å². The first kappa shape index (κ1) is 16.7. The topological polar surface area (TPSA) is 121 Å². The van der Waals surface area contributed by atoms with Crippen molar-refractivity contribution < 1.29 is 17.9 Å². The Hall–Kier alpha value is -3.14. The normalized spacial score (nSPS) is 11.1. The van der Waals surface area contributed by atoms with Crippen LogP contribution in [-0.4, -0.2) is 43.3 Å². The second-order valence-electron chi connectivity index (χ2n) is 4.87. The Balaban J connectivity index is 1.91. The van der Waals surface area contributed by atoms with Gasteiger partial charge in [-0.1, -0.05) is 24.3 Å². The predicted octanol–water partition coefficient (Wildman–Crippen LogP) is 2.28. The fourth-order valence-corrected chi connectivity index (χ4v) is 3.15. The largest absolute Gasteiger partial charge is 0.573 e. The molecule has 0 aliphatic heterocycles. The van der Waals surface area contributed by atoms with Gasteiger partial charge in [-0.25, -0.2) is 8.42 Å². The van der Waals surface area contributed by atoms with E-state index in [1.165, 1.54) is 32.4 Å². The summed E-state index contributed by atoms with van der Waals surface area (Å²) in [7, 11) is -1.03. The van der Waals surface area contributed by atoms with Crippen molar-refractivity contribution in [3.8, 4) is 22.9 Å². The molecule has 0 saturated carbocycles. The van der Waals surface area contributed by atoms with Crippen LogP contribution in [0.3, 0.4) is 0 Å². The van der Waals surface area contributed by atoms with E-state index in [1.807, 2.05) is 0 Å². The lowest BCUT2D eigenvalue weighted by Crippen LogP contribution is -1.99. The van der Waals surface area contributed by atoms with Gasteiger partial charge >= 0.3 is 0 Å². The molecule has 1 heterocycles. The lowest BCUT2D eigenvalue weighted by Gasteiger charge is -2.22. The summed E-state index contributed by atoms with van der Waals surface area (Å²) in [5, 5.41) is 13.5. The molecule has 0 atom stereocenters. The van der Waals surface area contributed by atoms with Crippen LogP contribution in [-0.2, 0) is 10.0 Å². The van der Waals surface area contributed by atoms with Crippen molar-refractivity contribution in [3.63, 3.8) is 0 Å². The van der Waals surface area contributed by atoms with Crippen LogP contribution in [0.25, 0.3) is 16.1 Å². The number of tetrazole rings is 1. The number of sulfonamides is 1. The van der Waals surface area contributed by atoms with Crippen LogP contribution in [0.15, 0.2) is 47.4 Å². The summed E-state index contributed by atoms with van der Waals surface area (Å²) in [4.78, 5) is -0.00452. The average molecular weight is 360 g/mol. The molecule has 0 saturated heterocycles. The first-order valence-electron chi connectivity index (χ1n) is 7.07. The van der Waals surface area contributed by atoms with Crippen LogP contribution >= 0.6 is 0 Å². The summed E-state index contributed by atoms with van der Waals surface area (Å²) in [5.41, 5.74) is 0.842. The summed E-state index contributed by atoms with van der Waals surface area (Å²) in [6, 6.07) is 10.8. The van der Waals surface area contributed by atoms with E-state index < -0.39 is 10.0 Å². The third-order valence-electron chi connectivity index (χ3n) is 3.33. The number of ether oxygens (including phenoxy) is 2. The second-order valence-corrected chi connectivity index (χ2v) is 6.47. The number of hydrogen-bond donors (Lipinski definition) is 1. The molecule has 0 aliphatic carbocycles. The Morgan fingerprint density at radius 3 is 2.52 bits per heavy atom. The highest BCUT2D eigenvalue weighted by atomic mass is 32.2. The molecule has 1 N–H and O–H groups in total. The molecule has 0 radical (unpaired) electrons. The fraction of sp³-hybridized carbons (Fsp3) is 0.133. The van der Waals surface area contributed by atoms with Gasteiger partial charge in [-0.05, 0) is 17.3 Å². The molecule has 0 unspecified atom stereocenters. The van der Waals surface area contributed by atoms with Crippen molar-refractivity contribution in [2.24, 2.45) is 0 Å². The van der Waals surface area contributed by atoms with E-state index in [-0.39, 0.29) is 10.6 Å². The van der Waals surface area contributed by atoms with E-state index in [1.54, 1.807) is 24.3 Å². The SMILES string of the molecule is COc1ccc(S(=O)(=O)[N-]c2cccc(-c3nn[nH]n3)c2)cc1OC. The fourth-order valence-electron chi connectivity index (χ4n) is 2.15. The predicted molar refractivity (Wildman–Crippen MR) is 89.4 cm³/mol. The average Bonchev–Trinajstić information content (AvgIpc) is 3.15. The minimum atomic E-state index is -3.93. The summed E-state index contributed by atoms with van der Waals surface area (Å²) < 4.78 is 39.2. The van der Waals surface area contributed by atoms with Crippen LogP contribution in [0, 0.1) is 0 Å². The third-order valence-corrected chi connectivity index (χ3v) is 4.63. The monoisotopic (exact) mass is 360 g/mol. The number of nitrogens with one attached hydrogen (secondary N) is 1. The smallest absolute Gasteiger partial charge is 0.204 e. The lowest BCUT2D eigenvalue weighted by atomic mass is 10.2. The van der Waals surface area contributed by atoms with Crippen molar-refractivity contribution in [3.05, 3.63) is 47.2 Å². The van der Waals surface area contributed by atoms with Gasteiger partial charge in [0.2, 0.25) is 5.82 Å². The highest BCUT2D eigenvalue weighted by Crippen LogP contribution is 2.34. The highest BCUT2D eigenvalue weighted by Gasteiger charge is 2.11. The number of nitrogens with zero attached hydrogens (tertiary/aromatic N) is 4. The van der Waals surface area contributed by atoms with Crippen molar-refractivity contribution >= 4 is 15.7 Å². The summed E-state index contributed by atoms with van der Waals surface area (Å²) in [6.45, 7) is 0. The molecular formula is C15H14N5O4S-. The van der Waals surface area contributed by atoms with Crippen LogP contribution in [0.2, 0.25) is 0 Å². The maximum Gasteiger partial charge on any atom is 0.204 e. The zero-order valence-corrected chi connectivity index (χ0v) is 14.2. The van der Waals surface area contributed by atoms with E-state index in [0.29, 0.717) is 22.9 Å². The number of H-pyrrole nitrogens is 1. The van der Waals surface area contributed by atoms with Gasteiger partial charge in [0.05, 0.1) is 19.1 Å². The van der Waals surface area contributed by atoms with E-state index in [4.69, 9.17) is 9.47 Å². The molecule has 3 aromatic rings. The Bertz CT molecular complexity index is 973. The number of benzene rings is 2. The van der Waals surface area contributed by atoms with E-state index in [9.17, 15) is 8.42 Å². The molecule has 0 spiro atoms. The van der Waals surface area contributed by atoms with Crippen molar-refractivity contribution in [2.45, 2.75) is 4.90 Å². The summed E-state index contributed by atoms with van der Waals surface area (Å²) >= 11 is 0. The highest BCUT2D eigenvalue weighted by molar-refractivity contribution is 7.94. The molecule has 0 fully saturated rings. The first-order chi connectivity index (χ1) is 12.0. The molecular weight excluding hydrogens is 346 g/mol. The quantitative estimate of drug-likeness (QED) is 0.715. The summed E-state index contributed by atoms with van der Waals surface area (Å²) in [6.07, 6.45) is 0. The van der Waals surface area contributed by atoms with Crippen LogP contribution < -0.4 is 9.47 Å². The number of methoxy groups -OCH3 is 2. The number of rotatable bonds is 6. The molecule has 25 heavy (non-hydrogen) atoms. The molecule has 2 aromatic carbocycles. The lowest BCUT2D eigenvalue weighted by molar-refractivity contribution is 0.354. The molecule has 10 heteroatoms. The van der Waals surface area contributed by atoms with E-state index in [0.717, 1.165) is 0 Å². The summed E-state index contributed by atoms with van der Waals surface area (Å²) in [5.74, 6) is 1.08. The second kappa shape index (κ2) is 6.77. The molecule has 0 bridgehead atoms. The van der Waals surface area contributed by atoms with Gasteiger partial charge in [-0.15, -0.1) is 15.9 Å². The van der Waals surface area contributed by atoms with Crippen molar-refractivity contribution in [1.82, 2.24) is 20.6 Å². The van der Waals surface area contributed by atoms with Gasteiger partial charge in [0.15, 0.2) is 11.5 Å². The molecule has 3 rings (SSSR count). The van der Waals surface area contributed by atoms with Gasteiger partial charge in [0.1, 0.15) is 10.0 Å². The van der Waals surface area contributed by atoms with Gasteiger partial charge in [0.25, 0.3) is 0 Å². The number of hydrogen-bond acceptors (Lipinski definition) is 7. The Morgan fingerprint density at radius 1 is 1.04 bits per heavy atom. The number of aromatic nitrogens is 4. The van der Waals surface area contributed by atoms with Gasteiger partial charge in [0, 0.05) is 11.6 Å². The van der Waals surface area contributed by atoms with Gasteiger partial charge in [-0.2, -0.15) is 5.21 Å². The number of aromatic amines is 1. The van der Waals surface area contributed by atoms with E-state index >= 15 is 0 Å². The molecule has 130 valence electrons. The maximum atomic E-state index is 12.6. The molecule has 9 nitrogen and oxygen atoms in total. The molecule has 0 amide bonds. The molecule has 1 aromatic heterocycles. The Labute approximate surface area is 144 Å². The zero-order valence-electron chi connectivity index (χ0n) is 13.4. The van der Waals surface area contributed by atoms with Crippen molar-refractivity contribution in [1.29, 1.82) is 0 Å². The van der Waals surface area contributed by atoms with Crippen LogP contribution in [0.1, 0.15) is 0 Å². The third kappa shape index (κ3) is 3.53. The minimum absolute atomic E-state index is 0.00452. The minimum Gasteiger partial charge on any atom is -0.573 e. The zero-order chi connectivity index (χ0) is 17.9.